The molecular weight excluding hydrogens is 210 g/mol. The summed E-state index contributed by atoms with van der Waals surface area (Å²) in [5.41, 5.74) is 1.42. The Morgan fingerprint density at radius 3 is 2.35 bits per heavy atom. The molecule has 1 aliphatic heterocycles. The topological polar surface area (TPSA) is 18.5 Å². The van der Waals surface area contributed by atoms with E-state index in [9.17, 15) is 0 Å². The van der Waals surface area contributed by atoms with E-state index in [0.29, 0.717) is 6.04 Å². The molecule has 0 saturated carbocycles. The van der Waals surface area contributed by atoms with Crippen molar-refractivity contribution in [3.8, 4) is 0 Å². The van der Waals surface area contributed by atoms with Gasteiger partial charge in [0.05, 0.1) is 0 Å². The highest BCUT2D eigenvalue weighted by atomic mass is 15.3. The molecule has 1 aromatic rings. The predicted octanol–water partition coefficient (Wildman–Crippen LogP) is 1.19. The molecule has 1 aromatic carbocycles. The lowest BCUT2D eigenvalue weighted by Gasteiger charge is -2.38. The summed E-state index contributed by atoms with van der Waals surface area (Å²) in [6.07, 6.45) is 0. The second-order valence-electron chi connectivity index (χ2n) is 4.82. The predicted molar refractivity (Wildman–Crippen MR) is 72.2 cm³/mol. The first kappa shape index (κ1) is 12.6. The van der Waals surface area contributed by atoms with Crippen LogP contribution in [0.15, 0.2) is 30.3 Å². The molecule has 2 rings (SSSR count). The minimum absolute atomic E-state index is 0.509. The average Bonchev–Trinajstić information content (AvgIpc) is 2.38. The van der Waals surface area contributed by atoms with Gasteiger partial charge in [-0.3, -0.25) is 4.90 Å². The van der Waals surface area contributed by atoms with Crippen molar-refractivity contribution in [3.63, 3.8) is 0 Å². The normalized spacial score (nSPS) is 20.4. The molecule has 1 heterocycles. The van der Waals surface area contributed by atoms with E-state index in [1.54, 1.807) is 0 Å². The highest BCUT2D eigenvalue weighted by molar-refractivity contribution is 5.19. The molecular formula is C14H23N3. The highest BCUT2D eigenvalue weighted by Gasteiger charge is 2.22. The third-order valence-electron chi connectivity index (χ3n) is 3.56. The van der Waals surface area contributed by atoms with Gasteiger partial charge in [0, 0.05) is 38.8 Å². The Balaban J connectivity index is 2.07. The number of piperazine rings is 1. The number of nitrogens with zero attached hydrogens (tertiary/aromatic N) is 2. The summed E-state index contributed by atoms with van der Waals surface area (Å²) in [6.45, 7) is 5.70. The first-order chi connectivity index (χ1) is 8.31. The summed E-state index contributed by atoms with van der Waals surface area (Å²) >= 11 is 0. The van der Waals surface area contributed by atoms with Crippen molar-refractivity contribution < 1.29 is 0 Å². The fourth-order valence-electron chi connectivity index (χ4n) is 2.46. The molecule has 1 unspecified atom stereocenters. The maximum atomic E-state index is 3.32. The Morgan fingerprint density at radius 2 is 1.76 bits per heavy atom. The molecule has 0 bridgehead atoms. The molecule has 0 amide bonds. The molecule has 0 spiro atoms. The first-order valence-electron chi connectivity index (χ1n) is 6.43. The number of hydrogen-bond donors (Lipinski definition) is 1. The van der Waals surface area contributed by atoms with Crippen molar-refractivity contribution in [3.05, 3.63) is 35.9 Å². The fourth-order valence-corrected chi connectivity index (χ4v) is 2.46. The van der Waals surface area contributed by atoms with Crippen LogP contribution in [0, 0.1) is 0 Å². The summed E-state index contributed by atoms with van der Waals surface area (Å²) in [5.74, 6) is 0. The van der Waals surface area contributed by atoms with Crippen LogP contribution in [0.25, 0.3) is 0 Å². The van der Waals surface area contributed by atoms with Crippen LogP contribution >= 0.6 is 0 Å². The van der Waals surface area contributed by atoms with E-state index in [1.165, 1.54) is 18.7 Å². The molecule has 1 fully saturated rings. The van der Waals surface area contributed by atoms with Gasteiger partial charge < -0.3 is 10.2 Å². The summed E-state index contributed by atoms with van der Waals surface area (Å²) in [5, 5.41) is 3.32. The second-order valence-corrected chi connectivity index (χ2v) is 4.82. The number of likely N-dealkylation sites (N-methyl/N-ethyl adjacent to an activating group) is 2. The van der Waals surface area contributed by atoms with Crippen molar-refractivity contribution in [2.75, 3.05) is 46.8 Å². The molecule has 94 valence electrons. The third kappa shape index (κ3) is 3.28. The maximum Gasteiger partial charge on any atom is 0.0473 e. The van der Waals surface area contributed by atoms with E-state index < -0.39 is 0 Å². The van der Waals surface area contributed by atoms with Crippen molar-refractivity contribution in [2.45, 2.75) is 6.04 Å². The Morgan fingerprint density at radius 1 is 1.12 bits per heavy atom. The minimum atomic E-state index is 0.509. The minimum Gasteiger partial charge on any atom is -0.318 e. The number of nitrogens with one attached hydrogen (secondary N) is 1. The van der Waals surface area contributed by atoms with Crippen LogP contribution in [-0.2, 0) is 0 Å². The van der Waals surface area contributed by atoms with Crippen molar-refractivity contribution in [2.24, 2.45) is 0 Å². The van der Waals surface area contributed by atoms with Gasteiger partial charge in [-0.15, -0.1) is 0 Å². The maximum absolute atomic E-state index is 3.32. The third-order valence-corrected chi connectivity index (χ3v) is 3.56. The Kier molecular flexibility index (Phi) is 4.54. The van der Waals surface area contributed by atoms with Crippen molar-refractivity contribution in [1.29, 1.82) is 0 Å². The molecule has 0 radical (unpaired) electrons. The van der Waals surface area contributed by atoms with Crippen LogP contribution in [0.2, 0.25) is 0 Å². The van der Waals surface area contributed by atoms with Crippen LogP contribution in [0.1, 0.15) is 11.6 Å². The fraction of sp³-hybridized carbons (Fsp3) is 0.571. The molecule has 17 heavy (non-hydrogen) atoms. The van der Waals surface area contributed by atoms with Gasteiger partial charge >= 0.3 is 0 Å². The quantitative estimate of drug-likeness (QED) is 0.843. The van der Waals surface area contributed by atoms with Gasteiger partial charge in [-0.05, 0) is 19.7 Å². The van der Waals surface area contributed by atoms with Gasteiger partial charge in [-0.2, -0.15) is 0 Å². The lowest BCUT2D eigenvalue weighted by Crippen LogP contribution is -2.47. The smallest absolute Gasteiger partial charge is 0.0473 e. The molecule has 1 saturated heterocycles. The summed E-state index contributed by atoms with van der Waals surface area (Å²) in [6, 6.07) is 11.3. The van der Waals surface area contributed by atoms with Crippen LogP contribution in [0.4, 0.5) is 0 Å². The van der Waals surface area contributed by atoms with Crippen LogP contribution in [-0.4, -0.2) is 56.6 Å². The second kappa shape index (κ2) is 6.15. The summed E-state index contributed by atoms with van der Waals surface area (Å²) in [7, 11) is 4.24. The number of hydrogen-bond acceptors (Lipinski definition) is 3. The monoisotopic (exact) mass is 233 g/mol. The molecule has 3 nitrogen and oxygen atoms in total. The van der Waals surface area contributed by atoms with Crippen LogP contribution in [0.5, 0.6) is 0 Å². The highest BCUT2D eigenvalue weighted by Crippen LogP contribution is 2.20. The zero-order valence-electron chi connectivity index (χ0n) is 10.9. The van der Waals surface area contributed by atoms with Crippen LogP contribution in [0.3, 0.4) is 0 Å². The van der Waals surface area contributed by atoms with E-state index in [0.717, 1.165) is 19.6 Å². The Bertz CT molecular complexity index is 317. The Labute approximate surface area is 104 Å². The van der Waals surface area contributed by atoms with E-state index in [1.807, 2.05) is 7.05 Å². The number of benzene rings is 1. The van der Waals surface area contributed by atoms with Gasteiger partial charge in [-0.1, -0.05) is 30.3 Å². The molecule has 1 aliphatic rings. The van der Waals surface area contributed by atoms with Gasteiger partial charge in [0.2, 0.25) is 0 Å². The zero-order valence-corrected chi connectivity index (χ0v) is 10.9. The number of rotatable bonds is 4. The summed E-state index contributed by atoms with van der Waals surface area (Å²) < 4.78 is 0. The molecule has 1 N–H and O–H groups in total. The van der Waals surface area contributed by atoms with Crippen molar-refractivity contribution >= 4 is 0 Å². The van der Waals surface area contributed by atoms with Gasteiger partial charge in [-0.25, -0.2) is 0 Å². The zero-order chi connectivity index (χ0) is 12.1. The largest absolute Gasteiger partial charge is 0.318 e. The lowest BCUT2D eigenvalue weighted by atomic mass is 10.0. The standard InChI is InChI=1S/C14H23N3/c1-15-12-14(13-6-4-3-5-7-13)17-10-8-16(2)9-11-17/h3-7,14-15H,8-12H2,1-2H3. The van der Waals surface area contributed by atoms with Crippen molar-refractivity contribution in [1.82, 2.24) is 15.1 Å². The molecule has 0 aliphatic carbocycles. The molecule has 3 heteroatoms. The SMILES string of the molecule is CNCC(c1ccccc1)N1CCN(C)CC1. The van der Waals surface area contributed by atoms with Gasteiger partial charge in [0.25, 0.3) is 0 Å². The lowest BCUT2D eigenvalue weighted by molar-refractivity contribution is 0.111. The van der Waals surface area contributed by atoms with E-state index in [4.69, 9.17) is 0 Å². The summed E-state index contributed by atoms with van der Waals surface area (Å²) in [4.78, 5) is 4.99. The average molecular weight is 233 g/mol. The van der Waals surface area contributed by atoms with E-state index in [2.05, 4.69) is 52.5 Å². The molecule has 1 atom stereocenters. The molecule has 0 aromatic heterocycles. The van der Waals surface area contributed by atoms with Gasteiger partial charge in [0.15, 0.2) is 0 Å². The van der Waals surface area contributed by atoms with E-state index in [-0.39, 0.29) is 0 Å². The Hall–Kier alpha value is -0.900. The van der Waals surface area contributed by atoms with Gasteiger partial charge in [0.1, 0.15) is 0 Å². The van der Waals surface area contributed by atoms with Crippen LogP contribution < -0.4 is 5.32 Å². The van der Waals surface area contributed by atoms with E-state index >= 15 is 0 Å². The first-order valence-corrected chi connectivity index (χ1v) is 6.43.